The minimum Gasteiger partial charge on any atom is -0.351 e. The van der Waals surface area contributed by atoms with E-state index in [1.165, 1.54) is 11.4 Å². The molecular formula is C27H32N4O2. The van der Waals surface area contributed by atoms with Gasteiger partial charge in [0.25, 0.3) is 5.91 Å². The molecule has 1 aliphatic rings. The molecule has 2 aromatic carbocycles. The first kappa shape index (κ1) is 22.8. The Labute approximate surface area is 195 Å². The minimum absolute atomic E-state index is 0.0183. The number of carbonyl (C=O) groups excluding carboxylic acids is 2. The molecule has 33 heavy (non-hydrogen) atoms. The Morgan fingerprint density at radius 2 is 1.52 bits per heavy atom. The topological polar surface area (TPSA) is 57.6 Å². The molecule has 0 saturated carbocycles. The summed E-state index contributed by atoms with van der Waals surface area (Å²) in [6, 6.07) is 21.9. The van der Waals surface area contributed by atoms with E-state index >= 15 is 0 Å². The van der Waals surface area contributed by atoms with Crippen LogP contribution in [0.2, 0.25) is 0 Å². The minimum atomic E-state index is 0.0183. The maximum Gasteiger partial charge on any atom is 0.253 e. The summed E-state index contributed by atoms with van der Waals surface area (Å²) in [4.78, 5) is 29.5. The summed E-state index contributed by atoms with van der Waals surface area (Å²) in [6.45, 7) is 7.90. The van der Waals surface area contributed by atoms with Crippen molar-refractivity contribution < 1.29 is 9.59 Å². The van der Waals surface area contributed by atoms with Gasteiger partial charge in [0, 0.05) is 55.4 Å². The van der Waals surface area contributed by atoms with Gasteiger partial charge in [-0.3, -0.25) is 14.5 Å². The third-order valence-electron chi connectivity index (χ3n) is 6.22. The van der Waals surface area contributed by atoms with E-state index in [4.69, 9.17) is 0 Å². The highest BCUT2D eigenvalue weighted by atomic mass is 16.2. The molecule has 172 valence electrons. The molecule has 0 radical (unpaired) electrons. The van der Waals surface area contributed by atoms with Crippen molar-refractivity contribution >= 4 is 11.8 Å². The van der Waals surface area contributed by atoms with Crippen LogP contribution < -0.4 is 5.32 Å². The van der Waals surface area contributed by atoms with Gasteiger partial charge in [-0.25, -0.2) is 0 Å². The molecule has 2 heterocycles. The first-order valence-electron chi connectivity index (χ1n) is 11.6. The summed E-state index contributed by atoms with van der Waals surface area (Å²) in [6.07, 6.45) is 0.859. The highest BCUT2D eigenvalue weighted by Gasteiger charge is 2.21. The van der Waals surface area contributed by atoms with Gasteiger partial charge < -0.3 is 14.8 Å². The van der Waals surface area contributed by atoms with Crippen LogP contribution in [0.4, 0.5) is 0 Å². The van der Waals surface area contributed by atoms with Crippen molar-refractivity contribution in [1.82, 2.24) is 19.7 Å². The van der Waals surface area contributed by atoms with Crippen molar-refractivity contribution in [3.63, 3.8) is 0 Å². The number of aryl methyl sites for hydroxylation is 2. The summed E-state index contributed by atoms with van der Waals surface area (Å²) in [5, 5.41) is 2.99. The van der Waals surface area contributed by atoms with Gasteiger partial charge in [0.1, 0.15) is 0 Å². The predicted molar refractivity (Wildman–Crippen MR) is 130 cm³/mol. The number of hydrogen-bond acceptors (Lipinski definition) is 3. The largest absolute Gasteiger partial charge is 0.351 e. The van der Waals surface area contributed by atoms with Crippen LogP contribution in [0.1, 0.15) is 33.7 Å². The monoisotopic (exact) mass is 444 g/mol. The molecule has 0 unspecified atom stereocenters. The Hall–Kier alpha value is -3.38. The Morgan fingerprint density at radius 1 is 0.818 bits per heavy atom. The van der Waals surface area contributed by atoms with Crippen molar-refractivity contribution in [3.8, 4) is 5.69 Å². The molecule has 2 amide bonds. The maximum atomic E-state index is 13.1. The third kappa shape index (κ3) is 5.71. The van der Waals surface area contributed by atoms with E-state index in [9.17, 15) is 9.59 Å². The second-order valence-electron chi connectivity index (χ2n) is 8.68. The first-order valence-corrected chi connectivity index (χ1v) is 11.6. The van der Waals surface area contributed by atoms with Gasteiger partial charge in [0.15, 0.2) is 0 Å². The van der Waals surface area contributed by atoms with Gasteiger partial charge in [-0.2, -0.15) is 0 Å². The molecule has 6 heteroatoms. The van der Waals surface area contributed by atoms with E-state index in [2.05, 4.69) is 40.8 Å². The number of rotatable bonds is 6. The van der Waals surface area contributed by atoms with E-state index in [0.29, 0.717) is 38.3 Å². The molecule has 0 aliphatic carbocycles. The van der Waals surface area contributed by atoms with E-state index in [1.807, 2.05) is 59.5 Å². The van der Waals surface area contributed by atoms with E-state index < -0.39 is 0 Å². The maximum absolute atomic E-state index is 13.1. The molecule has 0 spiro atoms. The summed E-state index contributed by atoms with van der Waals surface area (Å²) < 4.78 is 2.18. The van der Waals surface area contributed by atoms with E-state index in [1.54, 1.807) is 0 Å². The number of benzene rings is 2. The predicted octanol–water partition coefficient (Wildman–Crippen LogP) is 3.56. The first-order chi connectivity index (χ1) is 16.0. The number of hydrogen-bond donors (Lipinski definition) is 1. The Bertz CT molecular complexity index is 1070. The van der Waals surface area contributed by atoms with Gasteiger partial charge in [-0.1, -0.05) is 30.3 Å². The molecule has 1 fully saturated rings. The van der Waals surface area contributed by atoms with Crippen molar-refractivity contribution in [2.45, 2.75) is 26.8 Å². The smallest absolute Gasteiger partial charge is 0.253 e. The number of carbonyl (C=O) groups is 2. The zero-order chi connectivity index (χ0) is 23.2. The molecule has 3 aromatic rings. The number of nitrogens with zero attached hydrogens (tertiary/aromatic N) is 3. The molecular weight excluding hydrogens is 412 g/mol. The van der Waals surface area contributed by atoms with Gasteiger partial charge in [-0.15, -0.1) is 0 Å². The molecule has 1 saturated heterocycles. The number of nitrogens with one attached hydrogen (secondary N) is 1. The fourth-order valence-corrected chi connectivity index (χ4v) is 4.40. The Kier molecular flexibility index (Phi) is 7.25. The van der Waals surface area contributed by atoms with Crippen molar-refractivity contribution in [3.05, 3.63) is 89.2 Å². The summed E-state index contributed by atoms with van der Waals surface area (Å²) in [5.74, 6) is 0.0719. The highest BCUT2D eigenvalue weighted by molar-refractivity contribution is 5.94. The second kappa shape index (κ2) is 10.5. The highest BCUT2D eigenvalue weighted by Crippen LogP contribution is 2.18. The van der Waals surface area contributed by atoms with Gasteiger partial charge in [0.2, 0.25) is 5.91 Å². The lowest BCUT2D eigenvalue weighted by Crippen LogP contribution is -2.39. The molecule has 4 rings (SSSR count). The van der Waals surface area contributed by atoms with Crippen LogP contribution in [0.3, 0.4) is 0 Å². The fourth-order valence-electron chi connectivity index (χ4n) is 4.40. The standard InChI is InChI=1S/C27H32N4O2/c1-21-9-10-22(2)31(21)25-13-11-24(12-14-25)27(33)30-16-6-15-29(17-18-30)20-26(32)28-19-23-7-4-3-5-8-23/h3-5,7-14H,6,15-20H2,1-2H3,(H,28,32). The molecule has 1 aromatic heterocycles. The molecule has 1 N–H and O–H groups in total. The van der Waals surface area contributed by atoms with Crippen LogP contribution in [-0.4, -0.2) is 58.9 Å². The molecule has 6 nitrogen and oxygen atoms in total. The normalized spacial score (nSPS) is 14.7. The van der Waals surface area contributed by atoms with E-state index in [0.717, 1.165) is 24.2 Å². The Balaban J connectivity index is 1.30. The molecule has 0 atom stereocenters. The van der Waals surface area contributed by atoms with Crippen molar-refractivity contribution in [2.24, 2.45) is 0 Å². The lowest BCUT2D eigenvalue weighted by molar-refractivity contribution is -0.122. The fraction of sp³-hybridized carbons (Fsp3) is 0.333. The Morgan fingerprint density at radius 3 is 2.21 bits per heavy atom. The van der Waals surface area contributed by atoms with Crippen molar-refractivity contribution in [1.29, 1.82) is 0 Å². The average Bonchev–Trinajstić information content (AvgIpc) is 3.02. The molecule has 1 aliphatic heterocycles. The summed E-state index contributed by atoms with van der Waals surface area (Å²) in [5.41, 5.74) is 5.20. The third-order valence-corrected chi connectivity index (χ3v) is 6.22. The average molecular weight is 445 g/mol. The summed E-state index contributed by atoms with van der Waals surface area (Å²) in [7, 11) is 0. The van der Waals surface area contributed by atoms with Gasteiger partial charge >= 0.3 is 0 Å². The van der Waals surface area contributed by atoms with Crippen molar-refractivity contribution in [2.75, 3.05) is 32.7 Å². The second-order valence-corrected chi connectivity index (χ2v) is 8.68. The lowest BCUT2D eigenvalue weighted by Gasteiger charge is -2.22. The molecule has 0 bridgehead atoms. The lowest BCUT2D eigenvalue weighted by atomic mass is 10.1. The van der Waals surface area contributed by atoms with Crippen LogP contribution >= 0.6 is 0 Å². The van der Waals surface area contributed by atoms with Crippen LogP contribution in [0.5, 0.6) is 0 Å². The van der Waals surface area contributed by atoms with Crippen LogP contribution in [-0.2, 0) is 11.3 Å². The van der Waals surface area contributed by atoms with Gasteiger partial charge in [-0.05, 0) is 62.2 Å². The van der Waals surface area contributed by atoms with Crippen LogP contribution in [0.15, 0.2) is 66.7 Å². The van der Waals surface area contributed by atoms with E-state index in [-0.39, 0.29) is 11.8 Å². The zero-order valence-corrected chi connectivity index (χ0v) is 19.5. The van der Waals surface area contributed by atoms with Crippen LogP contribution in [0, 0.1) is 13.8 Å². The van der Waals surface area contributed by atoms with Crippen LogP contribution in [0.25, 0.3) is 5.69 Å². The number of amides is 2. The van der Waals surface area contributed by atoms with Gasteiger partial charge in [0.05, 0.1) is 6.54 Å². The summed E-state index contributed by atoms with van der Waals surface area (Å²) >= 11 is 0. The quantitative estimate of drug-likeness (QED) is 0.633. The zero-order valence-electron chi connectivity index (χ0n) is 19.5. The SMILES string of the molecule is Cc1ccc(C)n1-c1ccc(C(=O)N2CCCN(CC(=O)NCc3ccccc3)CC2)cc1. The number of aromatic nitrogens is 1.